The maximum atomic E-state index is 11.6. The van der Waals surface area contributed by atoms with Crippen molar-refractivity contribution in [1.29, 1.82) is 0 Å². The molecule has 20 heavy (non-hydrogen) atoms. The molecule has 0 saturated carbocycles. The number of rotatable bonds is 5. The third-order valence-electron chi connectivity index (χ3n) is 2.40. The Morgan fingerprint density at radius 1 is 1.50 bits per heavy atom. The average molecular weight is 283 g/mol. The van der Waals surface area contributed by atoms with Crippen LogP contribution in [0.2, 0.25) is 0 Å². The minimum Gasteiger partial charge on any atom is -0.480 e. The molecule has 7 heteroatoms. The standard InChI is InChI=1S/C13H21N3O4/c1-5-6-9(11(17)18)16-8-7-10(15-16)14-12(19)20-13(2,3)4/h7-9H,5-6H2,1-4H3,(H,17,18)(H,14,15,19). The predicted octanol–water partition coefficient (Wildman–Crippen LogP) is 2.66. The van der Waals surface area contributed by atoms with E-state index in [-0.39, 0.29) is 5.82 Å². The van der Waals surface area contributed by atoms with Crippen LogP contribution in [-0.4, -0.2) is 32.6 Å². The highest BCUT2D eigenvalue weighted by Gasteiger charge is 2.21. The number of ether oxygens (including phenoxy) is 1. The summed E-state index contributed by atoms with van der Waals surface area (Å²) < 4.78 is 6.42. The van der Waals surface area contributed by atoms with Gasteiger partial charge in [-0.2, -0.15) is 5.10 Å². The first-order chi connectivity index (χ1) is 9.23. The van der Waals surface area contributed by atoms with E-state index < -0.39 is 23.7 Å². The Morgan fingerprint density at radius 3 is 2.65 bits per heavy atom. The molecule has 1 atom stereocenters. The number of carboxylic acids is 1. The molecule has 0 bridgehead atoms. The molecule has 1 aromatic rings. The number of aromatic nitrogens is 2. The first kappa shape index (κ1) is 16.0. The summed E-state index contributed by atoms with van der Waals surface area (Å²) in [5, 5.41) is 15.6. The number of nitrogens with zero attached hydrogens (tertiary/aromatic N) is 2. The Morgan fingerprint density at radius 2 is 2.15 bits per heavy atom. The topological polar surface area (TPSA) is 93.5 Å². The van der Waals surface area contributed by atoms with E-state index in [9.17, 15) is 9.59 Å². The van der Waals surface area contributed by atoms with Gasteiger partial charge in [-0.25, -0.2) is 9.59 Å². The number of aliphatic carboxylic acids is 1. The second kappa shape index (κ2) is 6.40. The highest BCUT2D eigenvalue weighted by atomic mass is 16.6. The van der Waals surface area contributed by atoms with Crippen molar-refractivity contribution in [2.45, 2.75) is 52.2 Å². The van der Waals surface area contributed by atoms with Crippen LogP contribution < -0.4 is 5.32 Å². The summed E-state index contributed by atoms with van der Waals surface area (Å²) >= 11 is 0. The molecule has 0 aliphatic carbocycles. The van der Waals surface area contributed by atoms with Gasteiger partial charge in [-0.3, -0.25) is 10.00 Å². The van der Waals surface area contributed by atoms with Gasteiger partial charge in [0.05, 0.1) is 0 Å². The number of carboxylic acid groups (broad SMARTS) is 1. The molecule has 1 unspecified atom stereocenters. The smallest absolute Gasteiger partial charge is 0.413 e. The van der Waals surface area contributed by atoms with E-state index in [0.29, 0.717) is 6.42 Å². The molecule has 112 valence electrons. The van der Waals surface area contributed by atoms with Gasteiger partial charge in [0.25, 0.3) is 0 Å². The van der Waals surface area contributed by atoms with Crippen molar-refractivity contribution in [3.05, 3.63) is 12.3 Å². The summed E-state index contributed by atoms with van der Waals surface area (Å²) in [6.07, 6.45) is 2.11. The van der Waals surface area contributed by atoms with Crippen molar-refractivity contribution < 1.29 is 19.4 Å². The Bertz CT molecular complexity index is 476. The van der Waals surface area contributed by atoms with Crippen molar-refractivity contribution in [3.8, 4) is 0 Å². The normalized spacial score (nSPS) is 12.8. The molecule has 0 aliphatic heterocycles. The third kappa shape index (κ3) is 4.91. The minimum absolute atomic E-state index is 0.265. The van der Waals surface area contributed by atoms with Crippen molar-refractivity contribution in [3.63, 3.8) is 0 Å². The molecule has 7 nitrogen and oxygen atoms in total. The highest BCUT2D eigenvalue weighted by molar-refractivity contribution is 5.83. The molecule has 1 rings (SSSR count). The molecule has 0 aromatic carbocycles. The summed E-state index contributed by atoms with van der Waals surface area (Å²) in [5.74, 6) is -0.680. The van der Waals surface area contributed by atoms with Gasteiger partial charge in [-0.15, -0.1) is 0 Å². The number of nitrogens with one attached hydrogen (secondary N) is 1. The summed E-state index contributed by atoms with van der Waals surface area (Å²) in [5.41, 5.74) is -0.599. The number of hydrogen-bond acceptors (Lipinski definition) is 4. The molecule has 0 fully saturated rings. The quantitative estimate of drug-likeness (QED) is 0.866. The van der Waals surface area contributed by atoms with E-state index in [1.165, 1.54) is 16.9 Å². The van der Waals surface area contributed by atoms with E-state index in [0.717, 1.165) is 6.42 Å². The minimum atomic E-state index is -0.946. The van der Waals surface area contributed by atoms with Crippen LogP contribution in [0.4, 0.5) is 10.6 Å². The summed E-state index contributed by atoms with van der Waals surface area (Å²) in [7, 11) is 0. The molecule has 1 amide bonds. The van der Waals surface area contributed by atoms with Gasteiger partial charge in [-0.05, 0) is 27.2 Å². The number of carbonyl (C=O) groups is 2. The van der Waals surface area contributed by atoms with E-state index in [2.05, 4.69) is 10.4 Å². The first-order valence-electron chi connectivity index (χ1n) is 6.51. The summed E-state index contributed by atoms with van der Waals surface area (Å²) in [6.45, 7) is 7.17. The zero-order valence-corrected chi connectivity index (χ0v) is 12.2. The molecular weight excluding hydrogens is 262 g/mol. The molecular formula is C13H21N3O4. The number of amides is 1. The van der Waals surface area contributed by atoms with Crippen LogP contribution in [0.15, 0.2) is 12.3 Å². The van der Waals surface area contributed by atoms with Gasteiger partial charge in [0.1, 0.15) is 11.6 Å². The van der Waals surface area contributed by atoms with Crippen LogP contribution in [-0.2, 0) is 9.53 Å². The maximum absolute atomic E-state index is 11.6. The monoisotopic (exact) mass is 283 g/mol. The molecule has 0 saturated heterocycles. The number of anilines is 1. The van der Waals surface area contributed by atoms with Crippen LogP contribution in [0.25, 0.3) is 0 Å². The van der Waals surface area contributed by atoms with Gasteiger partial charge in [0, 0.05) is 12.3 Å². The van der Waals surface area contributed by atoms with Gasteiger partial charge >= 0.3 is 12.1 Å². The largest absolute Gasteiger partial charge is 0.480 e. The number of hydrogen-bond donors (Lipinski definition) is 2. The van der Waals surface area contributed by atoms with Crippen LogP contribution in [0.5, 0.6) is 0 Å². The van der Waals surface area contributed by atoms with E-state index in [4.69, 9.17) is 9.84 Å². The van der Waals surface area contributed by atoms with Crippen molar-refractivity contribution in [1.82, 2.24) is 9.78 Å². The van der Waals surface area contributed by atoms with Crippen molar-refractivity contribution in [2.24, 2.45) is 0 Å². The molecule has 1 heterocycles. The SMILES string of the molecule is CCCC(C(=O)O)n1ccc(NC(=O)OC(C)(C)C)n1. The van der Waals surface area contributed by atoms with E-state index >= 15 is 0 Å². The zero-order valence-electron chi connectivity index (χ0n) is 12.2. The van der Waals surface area contributed by atoms with E-state index in [1.54, 1.807) is 20.8 Å². The van der Waals surface area contributed by atoms with E-state index in [1.807, 2.05) is 6.92 Å². The Labute approximate surface area is 117 Å². The Kier molecular flexibility index (Phi) is 5.12. The van der Waals surface area contributed by atoms with Crippen molar-refractivity contribution in [2.75, 3.05) is 5.32 Å². The summed E-state index contributed by atoms with van der Waals surface area (Å²) in [4.78, 5) is 22.7. The first-order valence-corrected chi connectivity index (χ1v) is 6.51. The fourth-order valence-electron chi connectivity index (χ4n) is 1.63. The molecule has 0 spiro atoms. The zero-order chi connectivity index (χ0) is 15.3. The van der Waals surface area contributed by atoms with Crippen LogP contribution >= 0.6 is 0 Å². The van der Waals surface area contributed by atoms with Gasteiger partial charge < -0.3 is 9.84 Å². The van der Waals surface area contributed by atoms with Crippen molar-refractivity contribution >= 4 is 17.9 Å². The molecule has 2 N–H and O–H groups in total. The van der Waals surface area contributed by atoms with Crippen LogP contribution in [0, 0.1) is 0 Å². The average Bonchev–Trinajstić information content (AvgIpc) is 2.70. The molecule has 1 aromatic heterocycles. The third-order valence-corrected chi connectivity index (χ3v) is 2.40. The van der Waals surface area contributed by atoms with Gasteiger partial charge in [-0.1, -0.05) is 13.3 Å². The predicted molar refractivity (Wildman–Crippen MR) is 73.7 cm³/mol. The lowest BCUT2D eigenvalue weighted by atomic mass is 10.2. The fourth-order valence-corrected chi connectivity index (χ4v) is 1.63. The van der Waals surface area contributed by atoms with Gasteiger partial charge in [0.2, 0.25) is 0 Å². The lowest BCUT2D eigenvalue weighted by molar-refractivity contribution is -0.141. The maximum Gasteiger partial charge on any atom is 0.413 e. The van der Waals surface area contributed by atoms with Gasteiger partial charge in [0.15, 0.2) is 5.82 Å². The molecule has 0 aliphatic rings. The second-order valence-corrected chi connectivity index (χ2v) is 5.45. The fraction of sp³-hybridized carbons (Fsp3) is 0.615. The Hall–Kier alpha value is -2.05. The number of carbonyl (C=O) groups excluding carboxylic acids is 1. The highest BCUT2D eigenvalue weighted by Crippen LogP contribution is 2.16. The van der Waals surface area contributed by atoms with Crippen LogP contribution in [0.1, 0.15) is 46.6 Å². The van der Waals surface area contributed by atoms with Crippen LogP contribution in [0.3, 0.4) is 0 Å². The summed E-state index contributed by atoms with van der Waals surface area (Å²) in [6, 6.07) is 0.810. The molecule has 0 radical (unpaired) electrons. The Balaban J connectivity index is 2.72. The lowest BCUT2D eigenvalue weighted by Gasteiger charge is -2.19. The second-order valence-electron chi connectivity index (χ2n) is 5.45. The lowest BCUT2D eigenvalue weighted by Crippen LogP contribution is -2.27.